The van der Waals surface area contributed by atoms with Crippen molar-refractivity contribution in [1.29, 1.82) is 0 Å². The lowest BCUT2D eigenvalue weighted by atomic mass is 10.0. The fraction of sp³-hybridized carbons (Fsp3) is 0.207. The smallest absolute Gasteiger partial charge is 0.329 e. The summed E-state index contributed by atoms with van der Waals surface area (Å²) in [5, 5.41) is 2.36. The minimum atomic E-state index is -2.64. The van der Waals surface area contributed by atoms with Crippen molar-refractivity contribution in [2.24, 2.45) is 5.92 Å². The van der Waals surface area contributed by atoms with Crippen LogP contribution in [0.25, 0.3) is 21.9 Å². The van der Waals surface area contributed by atoms with Crippen LogP contribution in [0, 0.1) is 5.92 Å². The van der Waals surface area contributed by atoms with Crippen LogP contribution in [0.3, 0.4) is 0 Å². The van der Waals surface area contributed by atoms with Crippen LogP contribution < -0.4 is 9.04 Å². The van der Waals surface area contributed by atoms with Crippen LogP contribution in [0.2, 0.25) is 0 Å². The molecule has 0 saturated carbocycles. The number of methoxy groups -OCH3 is 1. The topological polar surface area (TPSA) is 78.9 Å². The maximum absolute atomic E-state index is 12.3. The Balaban J connectivity index is 1.48. The summed E-state index contributed by atoms with van der Waals surface area (Å²) < 4.78 is 35.9. The first kappa shape index (κ1) is 25.4. The summed E-state index contributed by atoms with van der Waals surface area (Å²) in [7, 11) is 1.25. The molecule has 0 bridgehead atoms. The first-order valence-corrected chi connectivity index (χ1v) is 12.7. The molecular formula is C29H28NO5S-. The first-order valence-electron chi connectivity index (χ1n) is 11.7. The van der Waals surface area contributed by atoms with E-state index < -0.39 is 23.3 Å². The average Bonchev–Trinajstić information content (AvgIpc) is 2.90. The monoisotopic (exact) mass is 502 g/mol. The summed E-state index contributed by atoms with van der Waals surface area (Å²) in [6, 6.07) is 28.3. The minimum Gasteiger partial charge on any atom is -0.755 e. The maximum atomic E-state index is 12.3. The molecular weight excluding hydrogens is 474 g/mol. The van der Waals surface area contributed by atoms with Crippen LogP contribution in [-0.2, 0) is 27.4 Å². The molecule has 186 valence electrons. The zero-order valence-electron chi connectivity index (χ0n) is 20.4. The zero-order chi connectivity index (χ0) is 25.7. The van der Waals surface area contributed by atoms with E-state index in [1.165, 1.54) is 17.9 Å². The summed E-state index contributed by atoms with van der Waals surface area (Å²) in [5.41, 5.74) is 3.39. The molecule has 0 aromatic heterocycles. The summed E-state index contributed by atoms with van der Waals surface area (Å²) in [6.07, 6.45) is 0. The van der Waals surface area contributed by atoms with Crippen molar-refractivity contribution >= 4 is 33.7 Å². The van der Waals surface area contributed by atoms with E-state index >= 15 is 0 Å². The van der Waals surface area contributed by atoms with Gasteiger partial charge in [0, 0.05) is 17.0 Å². The lowest BCUT2D eigenvalue weighted by Gasteiger charge is -2.35. The molecule has 4 aromatic carbocycles. The fourth-order valence-corrected chi connectivity index (χ4v) is 5.03. The van der Waals surface area contributed by atoms with Crippen LogP contribution in [0.5, 0.6) is 5.75 Å². The van der Waals surface area contributed by atoms with Crippen molar-refractivity contribution in [1.82, 2.24) is 0 Å². The van der Waals surface area contributed by atoms with E-state index in [2.05, 4.69) is 24.3 Å². The van der Waals surface area contributed by atoms with Crippen molar-refractivity contribution < 1.29 is 23.0 Å². The Labute approximate surface area is 213 Å². The van der Waals surface area contributed by atoms with Gasteiger partial charge in [0.1, 0.15) is 18.4 Å². The summed E-state index contributed by atoms with van der Waals surface area (Å²) in [5.74, 6) is -0.108. The average molecular weight is 503 g/mol. The standard InChI is InChI=1S/C29H29NO5S/c1-20(2)28(29(31)34-3)30(36(32)33)25-15-11-21(12-16-25)22-13-17-26(18-14-22)35-19-24-9-6-8-23-7-4-5-10-27(23)24/h4-18,20,28H,19H2,1-3H3,(H,32,33)/p-1. The highest BCUT2D eigenvalue weighted by atomic mass is 32.2. The SMILES string of the molecule is COC(=O)C(C(C)C)N(c1ccc(-c2ccc(OCc3cccc4ccccc34)cc2)cc1)S(=O)[O-]. The summed E-state index contributed by atoms with van der Waals surface area (Å²) in [4.78, 5) is 12.3. The van der Waals surface area contributed by atoms with Gasteiger partial charge in [-0.05, 0) is 57.6 Å². The number of benzene rings is 4. The molecule has 0 radical (unpaired) electrons. The van der Waals surface area contributed by atoms with Gasteiger partial charge >= 0.3 is 5.97 Å². The molecule has 0 spiro atoms. The van der Waals surface area contributed by atoms with Crippen molar-refractivity contribution in [3.8, 4) is 16.9 Å². The molecule has 0 fully saturated rings. The Morgan fingerprint density at radius 1 is 0.889 bits per heavy atom. The van der Waals surface area contributed by atoms with E-state index in [-0.39, 0.29) is 5.92 Å². The van der Waals surface area contributed by atoms with Crippen molar-refractivity contribution in [2.45, 2.75) is 26.5 Å². The number of ether oxygens (including phenoxy) is 2. The van der Waals surface area contributed by atoms with Gasteiger partial charge in [-0.15, -0.1) is 0 Å². The van der Waals surface area contributed by atoms with Gasteiger partial charge in [-0.2, -0.15) is 0 Å². The van der Waals surface area contributed by atoms with E-state index in [1.54, 1.807) is 26.0 Å². The Hall–Kier alpha value is -3.68. The fourth-order valence-electron chi connectivity index (χ4n) is 4.22. The van der Waals surface area contributed by atoms with Crippen molar-refractivity contribution in [2.75, 3.05) is 11.4 Å². The lowest BCUT2D eigenvalue weighted by Crippen LogP contribution is -2.46. The number of carbonyl (C=O) groups excluding carboxylic acids is 1. The van der Waals surface area contributed by atoms with Gasteiger partial charge in [0.15, 0.2) is 0 Å². The number of hydrogen-bond donors (Lipinski definition) is 0. The second-order valence-corrected chi connectivity index (χ2v) is 9.58. The highest BCUT2D eigenvalue weighted by Crippen LogP contribution is 2.29. The normalized spacial score (nSPS) is 12.8. The highest BCUT2D eigenvalue weighted by Gasteiger charge is 2.31. The molecule has 7 heteroatoms. The van der Waals surface area contributed by atoms with Gasteiger partial charge < -0.3 is 14.0 Å². The zero-order valence-corrected chi connectivity index (χ0v) is 21.2. The van der Waals surface area contributed by atoms with Crippen molar-refractivity contribution in [3.63, 3.8) is 0 Å². The third kappa shape index (κ3) is 5.58. The molecule has 0 aliphatic carbocycles. The number of esters is 1. The number of hydrogen-bond acceptors (Lipinski definition) is 5. The van der Waals surface area contributed by atoms with E-state index in [9.17, 15) is 13.6 Å². The van der Waals surface area contributed by atoms with Gasteiger partial charge in [0.05, 0.1) is 7.11 Å². The quantitative estimate of drug-likeness (QED) is 0.211. The van der Waals surface area contributed by atoms with E-state index in [0.29, 0.717) is 12.3 Å². The van der Waals surface area contributed by atoms with Crippen LogP contribution in [0.15, 0.2) is 91.0 Å². The molecule has 4 aromatic rings. The number of nitrogens with zero attached hydrogens (tertiary/aromatic N) is 1. The minimum absolute atomic E-state index is 0.267. The number of fused-ring (bicyclic) bond motifs is 1. The highest BCUT2D eigenvalue weighted by molar-refractivity contribution is 7.80. The first-order chi connectivity index (χ1) is 17.4. The van der Waals surface area contributed by atoms with Gasteiger partial charge in [-0.3, -0.25) is 8.51 Å². The molecule has 0 N–H and O–H groups in total. The predicted octanol–water partition coefficient (Wildman–Crippen LogP) is 5.88. The second-order valence-electron chi connectivity index (χ2n) is 8.75. The van der Waals surface area contributed by atoms with Crippen molar-refractivity contribution in [3.05, 3.63) is 96.6 Å². The maximum Gasteiger partial charge on any atom is 0.329 e. The molecule has 6 nitrogen and oxygen atoms in total. The van der Waals surface area contributed by atoms with Crippen LogP contribution in [-0.4, -0.2) is 27.9 Å². The Morgan fingerprint density at radius 2 is 1.50 bits per heavy atom. The molecule has 0 aliphatic heterocycles. The summed E-state index contributed by atoms with van der Waals surface area (Å²) in [6.45, 7) is 4.02. The van der Waals surface area contributed by atoms with Crippen LogP contribution >= 0.6 is 0 Å². The Bertz CT molecular complexity index is 1350. The predicted molar refractivity (Wildman–Crippen MR) is 142 cm³/mol. The largest absolute Gasteiger partial charge is 0.755 e. The Morgan fingerprint density at radius 3 is 2.11 bits per heavy atom. The molecule has 2 atom stereocenters. The molecule has 0 saturated heterocycles. The van der Waals surface area contributed by atoms with E-state index in [1.807, 2.05) is 54.6 Å². The van der Waals surface area contributed by atoms with Gasteiger partial charge in [-0.25, -0.2) is 4.79 Å². The third-order valence-electron chi connectivity index (χ3n) is 6.07. The van der Waals surface area contributed by atoms with Gasteiger partial charge in [-0.1, -0.05) is 80.6 Å². The summed E-state index contributed by atoms with van der Waals surface area (Å²) >= 11 is -2.64. The molecule has 0 heterocycles. The van der Waals surface area contributed by atoms with E-state index in [0.717, 1.165) is 26.7 Å². The number of carbonyl (C=O) groups is 1. The molecule has 0 aliphatic rings. The van der Waals surface area contributed by atoms with Gasteiger partial charge in [0.25, 0.3) is 0 Å². The van der Waals surface area contributed by atoms with E-state index in [4.69, 9.17) is 9.47 Å². The molecule has 36 heavy (non-hydrogen) atoms. The molecule has 4 rings (SSSR count). The lowest BCUT2D eigenvalue weighted by molar-refractivity contribution is -0.142. The van der Waals surface area contributed by atoms with Crippen LogP contribution in [0.1, 0.15) is 19.4 Å². The molecule has 2 unspecified atom stereocenters. The van der Waals surface area contributed by atoms with Gasteiger partial charge in [0.2, 0.25) is 0 Å². The Kier molecular flexibility index (Phi) is 8.03. The van der Waals surface area contributed by atoms with Crippen LogP contribution in [0.4, 0.5) is 5.69 Å². The number of anilines is 1. The molecule has 0 amide bonds. The third-order valence-corrected chi connectivity index (χ3v) is 6.83. The number of rotatable bonds is 9. The second kappa shape index (κ2) is 11.4.